The lowest BCUT2D eigenvalue weighted by Gasteiger charge is -2.16. The molecule has 0 bridgehead atoms. The van der Waals surface area contributed by atoms with E-state index in [2.05, 4.69) is 16.7 Å². The van der Waals surface area contributed by atoms with Crippen molar-refractivity contribution in [1.82, 2.24) is 15.5 Å². The first-order valence-corrected chi connectivity index (χ1v) is 8.77. The van der Waals surface area contributed by atoms with E-state index in [0.717, 1.165) is 24.2 Å². The predicted octanol–water partition coefficient (Wildman–Crippen LogP) is 2.36. The Morgan fingerprint density at radius 3 is 2.76 bits per heavy atom. The zero-order chi connectivity index (χ0) is 17.6. The molecule has 25 heavy (non-hydrogen) atoms. The van der Waals surface area contributed by atoms with Gasteiger partial charge in [0.1, 0.15) is 0 Å². The van der Waals surface area contributed by atoms with Gasteiger partial charge in [-0.15, -0.1) is 0 Å². The second kappa shape index (κ2) is 7.96. The lowest BCUT2D eigenvalue weighted by Crippen LogP contribution is -2.32. The van der Waals surface area contributed by atoms with E-state index < -0.39 is 6.03 Å². The largest absolute Gasteiger partial charge is 0.352 e. The molecule has 0 saturated carbocycles. The maximum Gasteiger partial charge on any atom is 0.324 e. The van der Waals surface area contributed by atoms with Gasteiger partial charge in [0.05, 0.1) is 13.1 Å². The van der Waals surface area contributed by atoms with Gasteiger partial charge < -0.3 is 10.6 Å². The van der Waals surface area contributed by atoms with E-state index >= 15 is 0 Å². The second-order valence-electron chi connectivity index (χ2n) is 6.41. The molecule has 132 valence electrons. The molecule has 1 saturated heterocycles. The van der Waals surface area contributed by atoms with E-state index in [4.69, 9.17) is 0 Å². The quantitative estimate of drug-likeness (QED) is 0.616. The highest BCUT2D eigenvalue weighted by atomic mass is 16.2. The topological polar surface area (TPSA) is 78.5 Å². The molecule has 0 aromatic heterocycles. The van der Waals surface area contributed by atoms with Gasteiger partial charge in [0.2, 0.25) is 5.91 Å². The van der Waals surface area contributed by atoms with Gasteiger partial charge in [-0.1, -0.05) is 29.8 Å². The minimum atomic E-state index is -0.413. The summed E-state index contributed by atoms with van der Waals surface area (Å²) in [6.07, 6.45) is 7.90. The Bertz CT molecular complexity index is 696. The van der Waals surface area contributed by atoms with Gasteiger partial charge in [-0.2, -0.15) is 0 Å². The number of amides is 4. The van der Waals surface area contributed by atoms with E-state index in [9.17, 15) is 14.4 Å². The molecule has 2 aliphatic rings. The number of carbonyl (C=O) groups is 3. The molecular formula is C19H23N3O3. The van der Waals surface area contributed by atoms with Crippen LogP contribution in [-0.4, -0.2) is 35.8 Å². The molecule has 0 atom stereocenters. The molecule has 2 N–H and O–H groups in total. The Labute approximate surface area is 147 Å². The van der Waals surface area contributed by atoms with Crippen molar-refractivity contribution in [2.24, 2.45) is 0 Å². The van der Waals surface area contributed by atoms with Crippen molar-refractivity contribution >= 4 is 17.8 Å². The lowest BCUT2D eigenvalue weighted by molar-refractivity contribution is -0.125. The van der Waals surface area contributed by atoms with Crippen LogP contribution in [-0.2, 0) is 11.3 Å². The first kappa shape index (κ1) is 17.2. The van der Waals surface area contributed by atoms with E-state index in [1.54, 1.807) is 24.3 Å². The second-order valence-corrected chi connectivity index (χ2v) is 6.41. The molecule has 0 radical (unpaired) electrons. The maximum absolute atomic E-state index is 12.5. The number of allylic oxidation sites excluding steroid dienone is 1. The number of rotatable bonds is 6. The van der Waals surface area contributed by atoms with Crippen LogP contribution in [0.15, 0.2) is 35.9 Å². The van der Waals surface area contributed by atoms with Crippen LogP contribution in [0.3, 0.4) is 0 Å². The minimum absolute atomic E-state index is 0.0162. The molecule has 1 aliphatic heterocycles. The summed E-state index contributed by atoms with van der Waals surface area (Å²) in [5.74, 6) is -0.441. The molecule has 6 heteroatoms. The standard InChI is InChI=1S/C19H23N3O3/c23-17-12-21-19(25)22(17)13-15-8-4-5-9-16(15)18(24)20-11-10-14-6-2-1-3-7-14/h4-6,8-9H,1-3,7,10-13H2,(H,20,24)(H,21,25). The molecule has 0 spiro atoms. The van der Waals surface area contributed by atoms with Crippen molar-refractivity contribution in [3.63, 3.8) is 0 Å². The predicted molar refractivity (Wildman–Crippen MR) is 93.9 cm³/mol. The van der Waals surface area contributed by atoms with Gasteiger partial charge in [0.25, 0.3) is 5.91 Å². The number of hydrogen-bond acceptors (Lipinski definition) is 3. The van der Waals surface area contributed by atoms with Gasteiger partial charge in [0, 0.05) is 12.1 Å². The van der Waals surface area contributed by atoms with Crippen LogP contribution >= 0.6 is 0 Å². The smallest absolute Gasteiger partial charge is 0.324 e. The third-order valence-corrected chi connectivity index (χ3v) is 4.64. The summed E-state index contributed by atoms with van der Waals surface area (Å²) in [7, 11) is 0. The molecule has 6 nitrogen and oxygen atoms in total. The number of carbonyl (C=O) groups excluding carboxylic acids is 3. The zero-order valence-corrected chi connectivity index (χ0v) is 14.2. The fourth-order valence-electron chi connectivity index (χ4n) is 3.23. The summed E-state index contributed by atoms with van der Waals surface area (Å²) < 4.78 is 0. The number of nitrogens with one attached hydrogen (secondary N) is 2. The monoisotopic (exact) mass is 341 g/mol. The fraction of sp³-hybridized carbons (Fsp3) is 0.421. The van der Waals surface area contributed by atoms with Crippen molar-refractivity contribution in [1.29, 1.82) is 0 Å². The van der Waals surface area contributed by atoms with Gasteiger partial charge in [-0.05, 0) is 43.7 Å². The van der Waals surface area contributed by atoms with Crippen LogP contribution in [0.5, 0.6) is 0 Å². The van der Waals surface area contributed by atoms with Crippen molar-refractivity contribution in [3.8, 4) is 0 Å². The summed E-state index contributed by atoms with van der Waals surface area (Å²) >= 11 is 0. The van der Waals surface area contributed by atoms with Crippen molar-refractivity contribution in [3.05, 3.63) is 47.0 Å². The summed E-state index contributed by atoms with van der Waals surface area (Å²) in [6.45, 7) is 0.726. The van der Waals surface area contributed by atoms with Crippen LogP contribution in [0.1, 0.15) is 48.0 Å². The Balaban J connectivity index is 1.61. The Kier molecular flexibility index (Phi) is 5.48. The average Bonchev–Trinajstić information content (AvgIpc) is 2.95. The summed E-state index contributed by atoms with van der Waals surface area (Å²) in [6, 6.07) is 6.68. The number of hydrogen-bond donors (Lipinski definition) is 2. The SMILES string of the molecule is O=C(NCCC1=CCCCC1)c1ccccc1CN1C(=O)CNC1=O. The highest BCUT2D eigenvalue weighted by Crippen LogP contribution is 2.19. The Morgan fingerprint density at radius 2 is 2.04 bits per heavy atom. The van der Waals surface area contributed by atoms with Gasteiger partial charge in [-0.25, -0.2) is 4.79 Å². The highest BCUT2D eigenvalue weighted by Gasteiger charge is 2.29. The number of imide groups is 1. The molecule has 3 rings (SSSR count). The van der Waals surface area contributed by atoms with Crippen LogP contribution in [0.2, 0.25) is 0 Å². The summed E-state index contributed by atoms with van der Waals surface area (Å²) in [5, 5.41) is 5.44. The zero-order valence-electron chi connectivity index (χ0n) is 14.2. The van der Waals surface area contributed by atoms with Crippen LogP contribution in [0.25, 0.3) is 0 Å². The maximum atomic E-state index is 12.5. The minimum Gasteiger partial charge on any atom is -0.352 e. The summed E-state index contributed by atoms with van der Waals surface area (Å²) in [4.78, 5) is 37.1. The Morgan fingerprint density at radius 1 is 1.20 bits per heavy atom. The first-order valence-electron chi connectivity index (χ1n) is 8.77. The number of urea groups is 1. The number of nitrogens with zero attached hydrogens (tertiary/aromatic N) is 1. The lowest BCUT2D eigenvalue weighted by atomic mass is 9.97. The third-order valence-electron chi connectivity index (χ3n) is 4.64. The molecule has 1 aromatic carbocycles. The average molecular weight is 341 g/mol. The third kappa shape index (κ3) is 4.26. The van der Waals surface area contributed by atoms with Gasteiger partial charge in [-0.3, -0.25) is 14.5 Å². The molecule has 4 amide bonds. The van der Waals surface area contributed by atoms with Crippen molar-refractivity contribution < 1.29 is 14.4 Å². The van der Waals surface area contributed by atoms with E-state index in [1.807, 2.05) is 0 Å². The first-order chi connectivity index (χ1) is 12.1. The van der Waals surface area contributed by atoms with Crippen LogP contribution < -0.4 is 10.6 Å². The summed E-state index contributed by atoms with van der Waals surface area (Å²) in [5.41, 5.74) is 2.59. The van der Waals surface area contributed by atoms with Crippen LogP contribution in [0.4, 0.5) is 4.79 Å². The molecule has 1 aromatic rings. The molecule has 0 unspecified atom stereocenters. The van der Waals surface area contributed by atoms with E-state index in [-0.39, 0.29) is 24.9 Å². The normalized spacial score (nSPS) is 17.3. The molecular weight excluding hydrogens is 318 g/mol. The van der Waals surface area contributed by atoms with Crippen LogP contribution in [0, 0.1) is 0 Å². The number of benzene rings is 1. The van der Waals surface area contributed by atoms with E-state index in [1.165, 1.54) is 18.4 Å². The fourth-order valence-corrected chi connectivity index (χ4v) is 3.23. The van der Waals surface area contributed by atoms with E-state index in [0.29, 0.717) is 17.7 Å². The van der Waals surface area contributed by atoms with Crippen molar-refractivity contribution in [2.75, 3.05) is 13.1 Å². The van der Waals surface area contributed by atoms with Crippen molar-refractivity contribution in [2.45, 2.75) is 38.6 Å². The van der Waals surface area contributed by atoms with Gasteiger partial charge >= 0.3 is 6.03 Å². The highest BCUT2D eigenvalue weighted by molar-refractivity contribution is 6.02. The molecule has 1 heterocycles. The Hall–Kier alpha value is -2.63. The molecule has 1 aliphatic carbocycles. The van der Waals surface area contributed by atoms with Gasteiger partial charge in [0.15, 0.2) is 0 Å². The molecule has 1 fully saturated rings.